The fourth-order valence-corrected chi connectivity index (χ4v) is 3.96. The van der Waals surface area contributed by atoms with E-state index in [1.807, 2.05) is 46.1 Å². The van der Waals surface area contributed by atoms with E-state index >= 15 is 0 Å². The van der Waals surface area contributed by atoms with Crippen molar-refractivity contribution in [2.75, 3.05) is 0 Å². The van der Waals surface area contributed by atoms with Crippen LogP contribution in [0.25, 0.3) is 11.5 Å². The van der Waals surface area contributed by atoms with Gasteiger partial charge in [0.1, 0.15) is 5.15 Å². The Morgan fingerprint density at radius 1 is 0.975 bits per heavy atom. The molecule has 0 spiro atoms. The first kappa shape index (κ1) is 36.3. The zero-order chi connectivity index (χ0) is 30.8. The first-order valence-corrected chi connectivity index (χ1v) is 14.1. The van der Waals surface area contributed by atoms with Gasteiger partial charge in [-0.1, -0.05) is 58.3 Å². The normalized spacial score (nSPS) is 10.6. The van der Waals surface area contributed by atoms with E-state index in [0.717, 1.165) is 30.8 Å². The summed E-state index contributed by atoms with van der Waals surface area (Å²) in [5, 5.41) is 9.28. The standard InChI is InChI=1S/C12H13N3O3.C11H13ClN2O2.3C2H6/c1-7-5-10(17)9(6-13-8(2)16)12(15-7)11-3-4-14-18-11;1-7(15)13-6-9-10(16)5-8-3-2-4-14(8)11(9)12;3*1-2/h3-5H,6H2,1-2H3,(H,13,16)(H,15,17);5H,2-4,6H2,1H3,(H,13,15);3*1-2H3. The molecule has 0 aliphatic carbocycles. The van der Waals surface area contributed by atoms with Gasteiger partial charge in [0.05, 0.1) is 17.5 Å². The third-order valence-electron chi connectivity index (χ3n) is 5.22. The summed E-state index contributed by atoms with van der Waals surface area (Å²) < 4.78 is 6.99. The molecule has 11 heteroatoms. The van der Waals surface area contributed by atoms with E-state index in [9.17, 15) is 19.2 Å². The van der Waals surface area contributed by atoms with Crippen molar-refractivity contribution >= 4 is 23.4 Å². The van der Waals surface area contributed by atoms with Crippen LogP contribution >= 0.6 is 11.6 Å². The molecule has 1 aliphatic rings. The van der Waals surface area contributed by atoms with Gasteiger partial charge in [0.15, 0.2) is 16.6 Å². The van der Waals surface area contributed by atoms with Crippen LogP contribution in [0.4, 0.5) is 0 Å². The van der Waals surface area contributed by atoms with Gasteiger partial charge in [-0.3, -0.25) is 19.2 Å². The second-order valence-corrected chi connectivity index (χ2v) is 8.25. The third kappa shape index (κ3) is 10.8. The van der Waals surface area contributed by atoms with Crippen LogP contribution in [0, 0.1) is 6.92 Å². The summed E-state index contributed by atoms with van der Waals surface area (Å²) in [5.74, 6) is 0.107. The Morgan fingerprint density at radius 3 is 2.05 bits per heavy atom. The van der Waals surface area contributed by atoms with Gasteiger partial charge in [-0.25, -0.2) is 0 Å². The van der Waals surface area contributed by atoms with Crippen LogP contribution < -0.4 is 21.5 Å². The van der Waals surface area contributed by atoms with Crippen molar-refractivity contribution in [3.8, 4) is 11.5 Å². The lowest BCUT2D eigenvalue weighted by molar-refractivity contribution is -0.120. The van der Waals surface area contributed by atoms with Crippen molar-refractivity contribution in [2.45, 2.75) is 94.8 Å². The molecule has 2 amide bonds. The first-order chi connectivity index (χ1) is 19.2. The number of aryl methyl sites for hydroxylation is 2. The van der Waals surface area contributed by atoms with Gasteiger partial charge in [0.25, 0.3) is 0 Å². The number of carbonyl (C=O) groups excluding carboxylic acids is 2. The molecule has 0 aromatic carbocycles. The van der Waals surface area contributed by atoms with E-state index in [-0.39, 0.29) is 35.8 Å². The van der Waals surface area contributed by atoms with E-state index in [2.05, 4.69) is 20.8 Å². The van der Waals surface area contributed by atoms with Crippen LogP contribution in [0.1, 0.15) is 84.3 Å². The lowest BCUT2D eigenvalue weighted by Gasteiger charge is -2.11. The average Bonchev–Trinajstić information content (AvgIpc) is 3.64. The summed E-state index contributed by atoms with van der Waals surface area (Å²) in [6.07, 6.45) is 3.41. The maximum atomic E-state index is 11.9. The second-order valence-electron chi connectivity index (χ2n) is 7.89. The molecule has 0 fully saturated rings. The Balaban J connectivity index is 0.000000644. The van der Waals surface area contributed by atoms with Gasteiger partial charge in [-0.05, 0) is 19.8 Å². The Kier molecular flexibility index (Phi) is 17.6. The number of hydrogen-bond donors (Lipinski definition) is 3. The molecule has 40 heavy (non-hydrogen) atoms. The Labute approximate surface area is 241 Å². The van der Waals surface area contributed by atoms with Gasteiger partial charge >= 0.3 is 0 Å². The van der Waals surface area contributed by atoms with Crippen LogP contribution in [0.15, 0.2) is 38.5 Å². The number of nitrogens with one attached hydrogen (secondary N) is 3. The van der Waals surface area contributed by atoms with Crippen LogP contribution in [0.5, 0.6) is 0 Å². The number of pyridine rings is 2. The Hall–Kier alpha value is -3.66. The number of rotatable bonds is 5. The Bertz CT molecular complexity index is 1310. The van der Waals surface area contributed by atoms with Gasteiger partial charge < -0.3 is 24.7 Å². The molecule has 4 heterocycles. The van der Waals surface area contributed by atoms with Gasteiger partial charge in [0, 0.05) is 68.6 Å². The monoisotopic (exact) mass is 577 g/mol. The van der Waals surface area contributed by atoms with Crippen LogP contribution in [-0.2, 0) is 35.6 Å². The minimum Gasteiger partial charge on any atom is -0.356 e. The van der Waals surface area contributed by atoms with Crippen LogP contribution in [0.3, 0.4) is 0 Å². The highest BCUT2D eigenvalue weighted by Gasteiger charge is 2.18. The third-order valence-corrected chi connectivity index (χ3v) is 5.66. The summed E-state index contributed by atoms with van der Waals surface area (Å²) in [7, 11) is 0. The van der Waals surface area contributed by atoms with Crippen molar-refractivity contribution in [3.63, 3.8) is 0 Å². The lowest BCUT2D eigenvalue weighted by Crippen LogP contribution is -2.25. The molecule has 1 aliphatic heterocycles. The van der Waals surface area contributed by atoms with Crippen molar-refractivity contribution in [3.05, 3.63) is 72.5 Å². The number of amides is 2. The highest BCUT2D eigenvalue weighted by molar-refractivity contribution is 6.30. The minimum absolute atomic E-state index is 0.0908. The molecule has 10 nitrogen and oxygen atoms in total. The second kappa shape index (κ2) is 19.4. The molecular formula is C29H44ClN5O5. The highest BCUT2D eigenvalue weighted by Crippen LogP contribution is 2.22. The molecule has 0 atom stereocenters. The summed E-state index contributed by atoms with van der Waals surface area (Å²) in [5.41, 5.74) is 2.94. The topological polar surface area (TPSA) is 139 Å². The largest absolute Gasteiger partial charge is 0.356 e. The first-order valence-electron chi connectivity index (χ1n) is 13.7. The molecule has 0 saturated heterocycles. The molecule has 222 valence electrons. The van der Waals surface area contributed by atoms with Crippen LogP contribution in [-0.4, -0.2) is 26.5 Å². The summed E-state index contributed by atoms with van der Waals surface area (Å²) in [6, 6.07) is 4.76. The molecule has 4 rings (SSSR count). The van der Waals surface area contributed by atoms with E-state index in [0.29, 0.717) is 27.7 Å². The fourth-order valence-electron chi connectivity index (χ4n) is 3.61. The van der Waals surface area contributed by atoms with Gasteiger partial charge in [0.2, 0.25) is 11.8 Å². The zero-order valence-corrected chi connectivity index (χ0v) is 25.9. The van der Waals surface area contributed by atoms with Gasteiger partial charge in [-0.15, -0.1) is 0 Å². The average molecular weight is 578 g/mol. The van der Waals surface area contributed by atoms with E-state index in [4.69, 9.17) is 16.1 Å². The molecular weight excluding hydrogens is 534 g/mol. The van der Waals surface area contributed by atoms with E-state index in [1.165, 1.54) is 26.1 Å². The summed E-state index contributed by atoms with van der Waals surface area (Å²) >= 11 is 6.15. The number of nitrogens with zero attached hydrogens (tertiary/aromatic N) is 2. The molecule has 3 N–H and O–H groups in total. The molecule has 0 saturated carbocycles. The van der Waals surface area contributed by atoms with Gasteiger partial charge in [-0.2, -0.15) is 0 Å². The number of halogens is 1. The molecule has 0 bridgehead atoms. The zero-order valence-electron chi connectivity index (χ0n) is 25.2. The predicted molar refractivity (Wildman–Crippen MR) is 160 cm³/mol. The maximum absolute atomic E-state index is 11.9. The number of H-pyrrole nitrogens is 1. The minimum atomic E-state index is -0.196. The highest BCUT2D eigenvalue weighted by atomic mass is 35.5. The number of carbonyl (C=O) groups is 2. The maximum Gasteiger partial charge on any atom is 0.217 e. The number of aromatic amines is 1. The SMILES string of the molecule is CC.CC.CC.CC(=O)NCc1c(-c2ccno2)[nH]c(C)cc1=O.CC(=O)NCc1c(Cl)n2c(cc1=O)CCC2. The Morgan fingerprint density at radius 2 is 1.52 bits per heavy atom. The number of fused-ring (bicyclic) bond motifs is 1. The molecule has 3 aromatic rings. The summed E-state index contributed by atoms with van der Waals surface area (Å²) in [4.78, 5) is 48.5. The summed E-state index contributed by atoms with van der Waals surface area (Å²) in [6.45, 7) is 17.8. The smallest absolute Gasteiger partial charge is 0.217 e. The fraction of sp³-hybridized carbons (Fsp3) is 0.483. The van der Waals surface area contributed by atoms with Crippen molar-refractivity contribution in [1.29, 1.82) is 0 Å². The van der Waals surface area contributed by atoms with Crippen molar-refractivity contribution in [2.24, 2.45) is 0 Å². The number of hydrogen-bond acceptors (Lipinski definition) is 6. The van der Waals surface area contributed by atoms with Crippen LogP contribution in [0.2, 0.25) is 5.15 Å². The van der Waals surface area contributed by atoms with Crippen molar-refractivity contribution < 1.29 is 14.1 Å². The quantitative estimate of drug-likeness (QED) is 0.359. The van der Waals surface area contributed by atoms with E-state index < -0.39 is 0 Å². The predicted octanol–water partition coefficient (Wildman–Crippen LogP) is 5.14. The number of aromatic nitrogens is 3. The van der Waals surface area contributed by atoms with Crippen molar-refractivity contribution in [1.82, 2.24) is 25.3 Å². The lowest BCUT2D eigenvalue weighted by atomic mass is 10.1. The molecule has 0 radical (unpaired) electrons. The molecule has 0 unspecified atom stereocenters. The molecule has 3 aromatic heterocycles. The van der Waals surface area contributed by atoms with E-state index in [1.54, 1.807) is 19.1 Å².